The van der Waals surface area contributed by atoms with Crippen molar-refractivity contribution >= 4 is 5.91 Å². The van der Waals surface area contributed by atoms with E-state index in [1.807, 2.05) is 0 Å². The lowest BCUT2D eigenvalue weighted by Crippen LogP contribution is -2.38. The van der Waals surface area contributed by atoms with E-state index >= 15 is 0 Å². The minimum Gasteiger partial charge on any atom is -0.393 e. The number of amides is 1. The van der Waals surface area contributed by atoms with Gasteiger partial charge < -0.3 is 20.5 Å². The van der Waals surface area contributed by atoms with E-state index in [0.717, 1.165) is 12.8 Å². The van der Waals surface area contributed by atoms with Crippen LogP contribution in [0.5, 0.6) is 0 Å². The zero-order valence-corrected chi connectivity index (χ0v) is 10.1. The van der Waals surface area contributed by atoms with Crippen LogP contribution in [-0.2, 0) is 9.53 Å². The summed E-state index contributed by atoms with van der Waals surface area (Å²) in [7, 11) is 1.74. The first-order valence-corrected chi connectivity index (χ1v) is 5.83. The van der Waals surface area contributed by atoms with Gasteiger partial charge in [0.25, 0.3) is 5.91 Å². The van der Waals surface area contributed by atoms with Gasteiger partial charge in [0.1, 0.15) is 6.10 Å². The summed E-state index contributed by atoms with van der Waals surface area (Å²) >= 11 is 0. The first kappa shape index (κ1) is 13.4. The molecule has 0 saturated carbocycles. The van der Waals surface area contributed by atoms with Gasteiger partial charge in [-0.15, -0.1) is 0 Å². The van der Waals surface area contributed by atoms with Crippen molar-refractivity contribution in [2.75, 3.05) is 20.1 Å². The molecule has 1 aliphatic rings. The lowest BCUT2D eigenvalue weighted by molar-refractivity contribution is -0.141. The SMILES string of the molecule is CC(O)CCN(C)C(=O)[C@@H]1CC[C@H](CN)O1. The molecule has 0 aromatic carbocycles. The van der Waals surface area contributed by atoms with Crippen LogP contribution in [0, 0.1) is 0 Å². The second kappa shape index (κ2) is 6.18. The fraction of sp³-hybridized carbons (Fsp3) is 0.909. The summed E-state index contributed by atoms with van der Waals surface area (Å²) in [5.74, 6) is -0.00315. The van der Waals surface area contributed by atoms with Crippen LogP contribution in [0.4, 0.5) is 0 Å². The Labute approximate surface area is 96.6 Å². The summed E-state index contributed by atoms with van der Waals surface area (Å²) in [6.45, 7) is 2.75. The van der Waals surface area contributed by atoms with Gasteiger partial charge in [-0.1, -0.05) is 0 Å². The maximum Gasteiger partial charge on any atom is 0.251 e. The van der Waals surface area contributed by atoms with Crippen LogP contribution in [0.15, 0.2) is 0 Å². The Balaban J connectivity index is 2.33. The molecule has 94 valence electrons. The summed E-state index contributed by atoms with van der Waals surface area (Å²) < 4.78 is 5.52. The van der Waals surface area contributed by atoms with Crippen molar-refractivity contribution in [3.63, 3.8) is 0 Å². The predicted molar refractivity (Wildman–Crippen MR) is 60.9 cm³/mol. The van der Waals surface area contributed by atoms with Gasteiger partial charge in [0.15, 0.2) is 0 Å². The fourth-order valence-electron chi connectivity index (χ4n) is 1.80. The first-order valence-electron chi connectivity index (χ1n) is 5.83. The summed E-state index contributed by atoms with van der Waals surface area (Å²) in [5, 5.41) is 9.14. The molecule has 0 spiro atoms. The summed E-state index contributed by atoms with van der Waals surface area (Å²) in [5.41, 5.74) is 5.49. The van der Waals surface area contributed by atoms with Gasteiger partial charge in [-0.25, -0.2) is 0 Å². The van der Waals surface area contributed by atoms with Crippen LogP contribution in [0.3, 0.4) is 0 Å². The Bertz CT molecular complexity index is 233. The molecule has 0 aromatic rings. The molecule has 16 heavy (non-hydrogen) atoms. The molecule has 1 saturated heterocycles. The van der Waals surface area contributed by atoms with Gasteiger partial charge in [-0.3, -0.25) is 4.79 Å². The van der Waals surface area contributed by atoms with Crippen molar-refractivity contribution < 1.29 is 14.6 Å². The van der Waals surface area contributed by atoms with E-state index in [1.54, 1.807) is 18.9 Å². The third kappa shape index (κ3) is 3.73. The number of nitrogens with zero attached hydrogens (tertiary/aromatic N) is 1. The van der Waals surface area contributed by atoms with Gasteiger partial charge in [0, 0.05) is 20.1 Å². The minimum absolute atomic E-state index is 0.00315. The lowest BCUT2D eigenvalue weighted by Gasteiger charge is -2.21. The molecule has 1 aliphatic heterocycles. The van der Waals surface area contributed by atoms with Crippen molar-refractivity contribution in [2.45, 2.75) is 44.5 Å². The van der Waals surface area contributed by atoms with Crippen molar-refractivity contribution in [2.24, 2.45) is 5.73 Å². The Morgan fingerprint density at radius 1 is 1.62 bits per heavy atom. The summed E-state index contributed by atoms with van der Waals surface area (Å²) in [4.78, 5) is 13.5. The summed E-state index contributed by atoms with van der Waals surface area (Å²) in [6, 6.07) is 0. The molecule has 3 N–H and O–H groups in total. The molecule has 5 heteroatoms. The maximum absolute atomic E-state index is 11.9. The van der Waals surface area contributed by atoms with Crippen molar-refractivity contribution in [1.82, 2.24) is 4.90 Å². The number of carbonyl (C=O) groups excluding carboxylic acids is 1. The van der Waals surface area contributed by atoms with E-state index in [4.69, 9.17) is 15.6 Å². The van der Waals surface area contributed by atoms with Crippen LogP contribution < -0.4 is 5.73 Å². The van der Waals surface area contributed by atoms with E-state index in [-0.39, 0.29) is 24.2 Å². The molecule has 5 nitrogen and oxygen atoms in total. The molecule has 1 unspecified atom stereocenters. The van der Waals surface area contributed by atoms with Crippen molar-refractivity contribution in [1.29, 1.82) is 0 Å². The quantitative estimate of drug-likeness (QED) is 0.681. The highest BCUT2D eigenvalue weighted by atomic mass is 16.5. The number of aliphatic hydroxyl groups is 1. The van der Waals surface area contributed by atoms with E-state index in [9.17, 15) is 4.79 Å². The number of aliphatic hydroxyl groups excluding tert-OH is 1. The Morgan fingerprint density at radius 2 is 2.31 bits per heavy atom. The average molecular weight is 230 g/mol. The highest BCUT2D eigenvalue weighted by Crippen LogP contribution is 2.20. The molecule has 0 radical (unpaired) electrons. The Hall–Kier alpha value is -0.650. The van der Waals surface area contributed by atoms with Gasteiger partial charge in [-0.2, -0.15) is 0 Å². The third-order valence-electron chi connectivity index (χ3n) is 2.90. The predicted octanol–water partition coefficient (Wildman–Crippen LogP) is -0.278. The van der Waals surface area contributed by atoms with Gasteiger partial charge >= 0.3 is 0 Å². The Morgan fingerprint density at radius 3 is 2.81 bits per heavy atom. The molecule has 0 aromatic heterocycles. The number of hydrogen-bond donors (Lipinski definition) is 2. The molecule has 3 atom stereocenters. The largest absolute Gasteiger partial charge is 0.393 e. The summed E-state index contributed by atoms with van der Waals surface area (Å²) in [6.07, 6.45) is 1.51. The molecule has 1 fully saturated rings. The number of nitrogens with two attached hydrogens (primary N) is 1. The Kier molecular flexibility index (Phi) is 5.18. The zero-order chi connectivity index (χ0) is 12.1. The third-order valence-corrected chi connectivity index (χ3v) is 2.90. The topological polar surface area (TPSA) is 75.8 Å². The van der Waals surface area contributed by atoms with Gasteiger partial charge in [0.2, 0.25) is 0 Å². The van der Waals surface area contributed by atoms with Crippen LogP contribution >= 0.6 is 0 Å². The number of hydrogen-bond acceptors (Lipinski definition) is 4. The molecular formula is C11H22N2O3. The first-order chi connectivity index (χ1) is 7.54. The standard InChI is InChI=1S/C11H22N2O3/c1-8(14)5-6-13(2)11(15)10-4-3-9(7-12)16-10/h8-10,14H,3-7,12H2,1-2H3/t8?,9-,10+/m1/s1. The van der Waals surface area contributed by atoms with Crippen LogP contribution in [-0.4, -0.2) is 54.4 Å². The second-order valence-electron chi connectivity index (χ2n) is 4.46. The second-order valence-corrected chi connectivity index (χ2v) is 4.46. The molecule has 0 bridgehead atoms. The molecule has 1 amide bonds. The highest BCUT2D eigenvalue weighted by Gasteiger charge is 2.31. The molecule has 1 rings (SSSR count). The minimum atomic E-state index is -0.378. The normalized spacial score (nSPS) is 26.8. The highest BCUT2D eigenvalue weighted by molar-refractivity contribution is 5.80. The monoisotopic (exact) mass is 230 g/mol. The lowest BCUT2D eigenvalue weighted by atomic mass is 10.1. The van der Waals surface area contributed by atoms with E-state index in [0.29, 0.717) is 19.5 Å². The van der Waals surface area contributed by atoms with Crippen LogP contribution in [0.1, 0.15) is 26.2 Å². The van der Waals surface area contributed by atoms with Crippen LogP contribution in [0.2, 0.25) is 0 Å². The number of ether oxygens (including phenoxy) is 1. The van der Waals surface area contributed by atoms with Gasteiger partial charge in [-0.05, 0) is 26.2 Å². The van der Waals surface area contributed by atoms with Gasteiger partial charge in [0.05, 0.1) is 12.2 Å². The molecular weight excluding hydrogens is 208 g/mol. The number of likely N-dealkylation sites (N-methyl/N-ethyl adjacent to an activating group) is 1. The van der Waals surface area contributed by atoms with E-state index in [1.165, 1.54) is 0 Å². The zero-order valence-electron chi connectivity index (χ0n) is 10.1. The number of rotatable bonds is 5. The van der Waals surface area contributed by atoms with E-state index in [2.05, 4.69) is 0 Å². The molecule has 1 heterocycles. The van der Waals surface area contributed by atoms with Crippen molar-refractivity contribution in [3.8, 4) is 0 Å². The smallest absolute Gasteiger partial charge is 0.251 e. The maximum atomic E-state index is 11.9. The average Bonchev–Trinajstić information content (AvgIpc) is 2.73. The number of carbonyl (C=O) groups is 1. The molecule has 0 aliphatic carbocycles. The van der Waals surface area contributed by atoms with Crippen LogP contribution in [0.25, 0.3) is 0 Å². The fourth-order valence-corrected chi connectivity index (χ4v) is 1.80. The van der Waals surface area contributed by atoms with Crippen molar-refractivity contribution in [3.05, 3.63) is 0 Å². The van der Waals surface area contributed by atoms with E-state index < -0.39 is 0 Å².